The van der Waals surface area contributed by atoms with Gasteiger partial charge in [-0.05, 0) is 35.7 Å². The van der Waals surface area contributed by atoms with Gasteiger partial charge in [-0.15, -0.1) is 0 Å². The van der Waals surface area contributed by atoms with Crippen molar-refractivity contribution in [2.45, 2.75) is 13.5 Å². The average molecular weight is 284 g/mol. The Labute approximate surface area is 122 Å². The first kappa shape index (κ1) is 14.7. The van der Waals surface area contributed by atoms with E-state index in [2.05, 4.69) is 6.58 Å². The van der Waals surface area contributed by atoms with Crippen molar-refractivity contribution in [3.05, 3.63) is 65.2 Å². The lowest BCUT2D eigenvalue weighted by Crippen LogP contribution is -2.01. The summed E-state index contributed by atoms with van der Waals surface area (Å²) >= 11 is 0. The highest BCUT2D eigenvalue weighted by atomic mass is 16.5. The number of phenols is 1. The first-order valence-electron chi connectivity index (χ1n) is 6.42. The molecule has 4 nitrogen and oxygen atoms in total. The van der Waals surface area contributed by atoms with Crippen LogP contribution in [0.25, 0.3) is 6.08 Å². The molecule has 21 heavy (non-hydrogen) atoms. The second kappa shape index (κ2) is 6.13. The molecule has 0 amide bonds. The zero-order chi connectivity index (χ0) is 15.4. The van der Waals surface area contributed by atoms with E-state index in [4.69, 9.17) is 9.84 Å². The number of hydrogen-bond acceptors (Lipinski definition) is 3. The van der Waals surface area contributed by atoms with Gasteiger partial charge in [0.25, 0.3) is 0 Å². The zero-order valence-electron chi connectivity index (χ0n) is 11.7. The third-order valence-corrected chi connectivity index (χ3v) is 3.12. The van der Waals surface area contributed by atoms with Crippen molar-refractivity contribution in [1.29, 1.82) is 0 Å². The zero-order valence-corrected chi connectivity index (χ0v) is 11.7. The largest absolute Gasteiger partial charge is 0.504 e. The molecule has 0 saturated heterocycles. The Morgan fingerprint density at radius 3 is 2.52 bits per heavy atom. The summed E-state index contributed by atoms with van der Waals surface area (Å²) in [5.74, 6) is -0.929. The topological polar surface area (TPSA) is 66.8 Å². The van der Waals surface area contributed by atoms with Gasteiger partial charge in [0.15, 0.2) is 11.5 Å². The molecule has 0 heterocycles. The minimum atomic E-state index is -1.06. The summed E-state index contributed by atoms with van der Waals surface area (Å²) in [7, 11) is 0. The molecule has 0 aliphatic rings. The molecule has 0 fully saturated rings. The highest BCUT2D eigenvalue weighted by molar-refractivity contribution is 5.89. The predicted octanol–water partition coefficient (Wildman–Crippen LogP) is 3.62. The minimum Gasteiger partial charge on any atom is -0.504 e. The molecule has 2 N–H and O–H groups in total. The Hall–Kier alpha value is -2.75. The van der Waals surface area contributed by atoms with Gasteiger partial charge in [0.1, 0.15) is 6.61 Å². The molecule has 2 aromatic carbocycles. The first-order valence-corrected chi connectivity index (χ1v) is 6.42. The van der Waals surface area contributed by atoms with E-state index < -0.39 is 5.97 Å². The van der Waals surface area contributed by atoms with Gasteiger partial charge in [-0.25, -0.2) is 4.79 Å². The smallest absolute Gasteiger partial charge is 0.335 e. The molecular formula is C17H16O4. The quantitative estimate of drug-likeness (QED) is 0.880. The number of carbonyl (C=O) groups is 1. The number of ether oxygens (including phenoxy) is 1. The van der Waals surface area contributed by atoms with Crippen molar-refractivity contribution < 1.29 is 19.7 Å². The Balaban J connectivity index is 2.18. The molecule has 2 rings (SSSR count). The SMILES string of the molecule is C=Cc1ccc(COc2cc(C(=O)O)cc(C)c2O)cc1. The molecular weight excluding hydrogens is 268 g/mol. The van der Waals surface area contributed by atoms with Crippen LogP contribution in [0.3, 0.4) is 0 Å². The van der Waals surface area contributed by atoms with E-state index in [0.29, 0.717) is 5.56 Å². The van der Waals surface area contributed by atoms with E-state index in [-0.39, 0.29) is 23.7 Å². The number of phenolic OH excluding ortho intramolecular Hbond substituents is 1. The number of aromatic carboxylic acids is 1. The number of aromatic hydroxyl groups is 1. The molecule has 0 aliphatic heterocycles. The summed E-state index contributed by atoms with van der Waals surface area (Å²) in [5, 5.41) is 19.0. The maximum absolute atomic E-state index is 11.0. The van der Waals surface area contributed by atoms with Crippen molar-refractivity contribution in [2.24, 2.45) is 0 Å². The first-order chi connectivity index (χ1) is 10.0. The van der Waals surface area contributed by atoms with Crippen LogP contribution in [0.4, 0.5) is 0 Å². The van der Waals surface area contributed by atoms with Crippen molar-refractivity contribution in [3.8, 4) is 11.5 Å². The molecule has 0 spiro atoms. The summed E-state index contributed by atoms with van der Waals surface area (Å²) in [6.45, 7) is 5.56. The van der Waals surface area contributed by atoms with Gasteiger partial charge in [0.05, 0.1) is 5.56 Å². The Kier molecular flexibility index (Phi) is 4.28. The van der Waals surface area contributed by atoms with Crippen molar-refractivity contribution in [2.75, 3.05) is 0 Å². The average Bonchev–Trinajstić information content (AvgIpc) is 2.49. The third kappa shape index (κ3) is 3.42. The Morgan fingerprint density at radius 1 is 1.29 bits per heavy atom. The Morgan fingerprint density at radius 2 is 1.95 bits per heavy atom. The number of carboxylic acid groups (broad SMARTS) is 1. The van der Waals surface area contributed by atoms with E-state index >= 15 is 0 Å². The van der Waals surface area contributed by atoms with E-state index in [9.17, 15) is 9.90 Å². The minimum absolute atomic E-state index is 0.0392. The number of hydrogen-bond donors (Lipinski definition) is 2. The lowest BCUT2D eigenvalue weighted by molar-refractivity contribution is 0.0696. The van der Waals surface area contributed by atoms with Gasteiger partial charge in [-0.3, -0.25) is 0 Å². The van der Waals surface area contributed by atoms with Crippen LogP contribution < -0.4 is 4.74 Å². The fourth-order valence-electron chi connectivity index (χ4n) is 1.89. The molecule has 0 atom stereocenters. The van der Waals surface area contributed by atoms with E-state index in [1.165, 1.54) is 12.1 Å². The highest BCUT2D eigenvalue weighted by Crippen LogP contribution is 2.31. The van der Waals surface area contributed by atoms with Crippen LogP contribution in [0, 0.1) is 6.92 Å². The standard InChI is InChI=1S/C17H16O4/c1-3-12-4-6-13(7-5-12)10-21-15-9-14(17(19)20)8-11(2)16(15)18/h3-9,18H,1,10H2,2H3,(H,19,20). The second-order valence-corrected chi connectivity index (χ2v) is 4.68. The summed E-state index contributed by atoms with van der Waals surface area (Å²) in [4.78, 5) is 11.0. The normalized spacial score (nSPS) is 10.1. The highest BCUT2D eigenvalue weighted by Gasteiger charge is 2.12. The lowest BCUT2D eigenvalue weighted by Gasteiger charge is -2.11. The van der Waals surface area contributed by atoms with Gasteiger partial charge in [-0.2, -0.15) is 0 Å². The summed E-state index contributed by atoms with van der Waals surface area (Å²) in [5.41, 5.74) is 2.47. The number of carboxylic acids is 1. The van der Waals surface area contributed by atoms with Gasteiger partial charge >= 0.3 is 5.97 Å². The van der Waals surface area contributed by atoms with Gasteiger partial charge in [0, 0.05) is 0 Å². The molecule has 4 heteroatoms. The monoisotopic (exact) mass is 284 g/mol. The van der Waals surface area contributed by atoms with Crippen molar-refractivity contribution in [3.63, 3.8) is 0 Å². The number of rotatable bonds is 5. The molecule has 0 radical (unpaired) electrons. The van der Waals surface area contributed by atoms with Gasteiger partial charge in [-0.1, -0.05) is 36.9 Å². The van der Waals surface area contributed by atoms with Crippen molar-refractivity contribution >= 4 is 12.0 Å². The summed E-state index contributed by atoms with van der Waals surface area (Å²) in [6, 6.07) is 10.3. The molecule has 108 valence electrons. The Bertz CT molecular complexity index is 672. The van der Waals surface area contributed by atoms with Gasteiger partial charge < -0.3 is 14.9 Å². The summed E-state index contributed by atoms with van der Waals surface area (Å²) < 4.78 is 5.53. The fraction of sp³-hybridized carbons (Fsp3) is 0.118. The number of aryl methyl sites for hydroxylation is 1. The van der Waals surface area contributed by atoms with Gasteiger partial charge in [0.2, 0.25) is 0 Å². The van der Waals surface area contributed by atoms with Crippen LogP contribution in [0.15, 0.2) is 43.0 Å². The fourth-order valence-corrected chi connectivity index (χ4v) is 1.89. The van der Waals surface area contributed by atoms with E-state index in [1.807, 2.05) is 24.3 Å². The molecule has 0 aromatic heterocycles. The van der Waals surface area contributed by atoms with Crippen LogP contribution in [0.1, 0.15) is 27.0 Å². The molecule has 0 saturated carbocycles. The van der Waals surface area contributed by atoms with Crippen molar-refractivity contribution in [1.82, 2.24) is 0 Å². The van der Waals surface area contributed by atoms with E-state index in [0.717, 1.165) is 11.1 Å². The predicted molar refractivity (Wildman–Crippen MR) is 80.7 cm³/mol. The van der Waals surface area contributed by atoms with Crippen LogP contribution >= 0.6 is 0 Å². The van der Waals surface area contributed by atoms with Crippen LogP contribution in [-0.2, 0) is 6.61 Å². The molecule has 0 unspecified atom stereocenters. The van der Waals surface area contributed by atoms with Crippen LogP contribution in [0.5, 0.6) is 11.5 Å². The second-order valence-electron chi connectivity index (χ2n) is 4.68. The van der Waals surface area contributed by atoms with Crippen LogP contribution in [0.2, 0.25) is 0 Å². The number of benzene rings is 2. The molecule has 0 aliphatic carbocycles. The summed E-state index contributed by atoms with van der Waals surface area (Å²) in [6.07, 6.45) is 1.75. The maximum atomic E-state index is 11.0. The molecule has 0 bridgehead atoms. The third-order valence-electron chi connectivity index (χ3n) is 3.12. The lowest BCUT2D eigenvalue weighted by atomic mass is 10.1. The van der Waals surface area contributed by atoms with E-state index in [1.54, 1.807) is 13.0 Å². The van der Waals surface area contributed by atoms with Crippen LogP contribution in [-0.4, -0.2) is 16.2 Å². The maximum Gasteiger partial charge on any atom is 0.335 e. The molecule has 2 aromatic rings.